The zero-order chi connectivity index (χ0) is 12.0. The van der Waals surface area contributed by atoms with Gasteiger partial charge in [0.15, 0.2) is 0 Å². The molecule has 1 rings (SSSR count). The van der Waals surface area contributed by atoms with Crippen LogP contribution in [0.2, 0.25) is 0 Å². The van der Waals surface area contributed by atoms with E-state index in [1.807, 2.05) is 6.92 Å². The maximum atomic E-state index is 11.5. The quantitative estimate of drug-likeness (QED) is 0.652. The lowest BCUT2D eigenvalue weighted by atomic mass is 9.89. The summed E-state index contributed by atoms with van der Waals surface area (Å²) in [6.45, 7) is 7.98. The number of carbonyl (C=O) groups is 1. The van der Waals surface area contributed by atoms with Crippen LogP contribution < -0.4 is 16.0 Å². The molecule has 3 unspecified atom stereocenters. The van der Waals surface area contributed by atoms with Crippen LogP contribution in [0.3, 0.4) is 0 Å². The molecule has 1 aliphatic rings. The number of hydrogen-bond acceptors (Lipinski definition) is 3. The third kappa shape index (κ3) is 4.10. The molecule has 0 bridgehead atoms. The van der Waals surface area contributed by atoms with Crippen molar-refractivity contribution in [3.63, 3.8) is 0 Å². The van der Waals surface area contributed by atoms with Crippen molar-refractivity contribution in [1.82, 2.24) is 16.0 Å². The topological polar surface area (TPSA) is 53.2 Å². The zero-order valence-electron chi connectivity index (χ0n) is 10.7. The van der Waals surface area contributed by atoms with Crippen LogP contribution in [0, 0.1) is 5.92 Å². The lowest BCUT2D eigenvalue weighted by Crippen LogP contribution is -2.54. The van der Waals surface area contributed by atoms with Crippen LogP contribution in [0.15, 0.2) is 0 Å². The second-order valence-corrected chi connectivity index (χ2v) is 4.60. The van der Waals surface area contributed by atoms with E-state index in [0.717, 1.165) is 19.5 Å². The summed E-state index contributed by atoms with van der Waals surface area (Å²) in [5.74, 6) is 0.738. The Balaban J connectivity index is 2.40. The number of nitrogens with one attached hydrogen (secondary N) is 3. The van der Waals surface area contributed by atoms with Gasteiger partial charge in [0.25, 0.3) is 0 Å². The largest absolute Gasteiger partial charge is 0.356 e. The molecule has 1 amide bonds. The van der Waals surface area contributed by atoms with Crippen molar-refractivity contribution in [2.24, 2.45) is 5.92 Å². The Hall–Kier alpha value is -0.610. The summed E-state index contributed by atoms with van der Waals surface area (Å²) in [7, 11) is 0. The van der Waals surface area contributed by atoms with E-state index in [2.05, 4.69) is 29.8 Å². The van der Waals surface area contributed by atoms with Gasteiger partial charge in [-0.05, 0) is 32.2 Å². The molecule has 1 aliphatic heterocycles. The molecule has 4 heteroatoms. The second-order valence-electron chi connectivity index (χ2n) is 4.60. The highest BCUT2D eigenvalue weighted by Crippen LogP contribution is 2.20. The van der Waals surface area contributed by atoms with Crippen LogP contribution >= 0.6 is 0 Å². The molecule has 16 heavy (non-hydrogen) atoms. The predicted molar refractivity (Wildman–Crippen MR) is 66.1 cm³/mol. The Morgan fingerprint density at radius 3 is 2.69 bits per heavy atom. The van der Waals surface area contributed by atoms with E-state index in [9.17, 15) is 4.79 Å². The van der Waals surface area contributed by atoms with Crippen molar-refractivity contribution in [1.29, 1.82) is 0 Å². The number of hydrogen-bond donors (Lipinski definition) is 3. The van der Waals surface area contributed by atoms with Gasteiger partial charge in [-0.2, -0.15) is 0 Å². The summed E-state index contributed by atoms with van der Waals surface area (Å²) in [5.41, 5.74) is 0. The number of piperidine rings is 1. The van der Waals surface area contributed by atoms with Crippen molar-refractivity contribution >= 4 is 5.91 Å². The first-order valence-corrected chi connectivity index (χ1v) is 6.43. The van der Waals surface area contributed by atoms with Gasteiger partial charge in [-0.15, -0.1) is 0 Å². The molecular formula is C12H25N3O. The maximum absolute atomic E-state index is 11.5. The molecule has 3 atom stereocenters. The summed E-state index contributed by atoms with van der Waals surface area (Å²) in [5, 5.41) is 9.78. The first kappa shape index (κ1) is 13.5. The first-order chi connectivity index (χ1) is 7.67. The Labute approximate surface area is 98.6 Å². The fourth-order valence-electron chi connectivity index (χ4n) is 2.27. The highest BCUT2D eigenvalue weighted by molar-refractivity contribution is 5.76. The van der Waals surface area contributed by atoms with Crippen molar-refractivity contribution in [3.05, 3.63) is 0 Å². The molecule has 0 saturated carbocycles. The predicted octanol–water partition coefficient (Wildman–Crippen LogP) is 0.836. The average Bonchev–Trinajstić information content (AvgIpc) is 2.24. The van der Waals surface area contributed by atoms with Crippen LogP contribution in [0.1, 0.15) is 40.0 Å². The molecule has 0 aromatic heterocycles. The van der Waals surface area contributed by atoms with E-state index < -0.39 is 0 Å². The monoisotopic (exact) mass is 227 g/mol. The zero-order valence-corrected chi connectivity index (χ0v) is 10.7. The molecule has 1 fully saturated rings. The van der Waals surface area contributed by atoms with Crippen LogP contribution in [-0.4, -0.2) is 31.2 Å². The van der Waals surface area contributed by atoms with E-state index in [0.29, 0.717) is 24.5 Å². The van der Waals surface area contributed by atoms with E-state index in [4.69, 9.17) is 0 Å². The third-order valence-corrected chi connectivity index (χ3v) is 3.24. The molecule has 4 nitrogen and oxygen atoms in total. The van der Waals surface area contributed by atoms with Crippen LogP contribution in [0.25, 0.3) is 0 Å². The molecule has 0 radical (unpaired) electrons. The summed E-state index contributed by atoms with van der Waals surface area (Å²) in [6.07, 6.45) is 3.31. The summed E-state index contributed by atoms with van der Waals surface area (Å²) >= 11 is 0. The SMILES string of the molecule is CCNC(=O)CC1NC(NCC)CCC1C. The van der Waals surface area contributed by atoms with Gasteiger partial charge in [0, 0.05) is 19.0 Å². The van der Waals surface area contributed by atoms with Crippen molar-refractivity contribution in [2.75, 3.05) is 13.1 Å². The smallest absolute Gasteiger partial charge is 0.221 e. The van der Waals surface area contributed by atoms with E-state index >= 15 is 0 Å². The van der Waals surface area contributed by atoms with Crippen molar-refractivity contribution in [2.45, 2.75) is 52.2 Å². The molecule has 1 saturated heterocycles. The molecule has 3 N–H and O–H groups in total. The minimum atomic E-state index is 0.156. The molecule has 94 valence electrons. The molecule has 0 aromatic carbocycles. The van der Waals surface area contributed by atoms with Gasteiger partial charge >= 0.3 is 0 Å². The van der Waals surface area contributed by atoms with Gasteiger partial charge in [0.1, 0.15) is 0 Å². The van der Waals surface area contributed by atoms with E-state index in [-0.39, 0.29) is 5.91 Å². The van der Waals surface area contributed by atoms with Gasteiger partial charge < -0.3 is 10.6 Å². The van der Waals surface area contributed by atoms with Crippen LogP contribution in [0.4, 0.5) is 0 Å². The van der Waals surface area contributed by atoms with Crippen molar-refractivity contribution in [3.8, 4) is 0 Å². The molecule has 0 aromatic rings. The Morgan fingerprint density at radius 1 is 1.31 bits per heavy atom. The summed E-state index contributed by atoms with van der Waals surface area (Å²) < 4.78 is 0. The first-order valence-electron chi connectivity index (χ1n) is 6.43. The Morgan fingerprint density at radius 2 is 2.06 bits per heavy atom. The Bertz CT molecular complexity index is 220. The highest BCUT2D eigenvalue weighted by atomic mass is 16.1. The maximum Gasteiger partial charge on any atom is 0.221 e. The second kappa shape index (κ2) is 6.86. The van der Waals surface area contributed by atoms with Gasteiger partial charge in [0.05, 0.1) is 6.17 Å². The molecule has 0 aliphatic carbocycles. The molecule has 0 spiro atoms. The summed E-state index contributed by atoms with van der Waals surface area (Å²) in [4.78, 5) is 11.5. The van der Waals surface area contributed by atoms with E-state index in [1.165, 1.54) is 6.42 Å². The van der Waals surface area contributed by atoms with Gasteiger partial charge in [-0.1, -0.05) is 13.8 Å². The van der Waals surface area contributed by atoms with Gasteiger partial charge in [0.2, 0.25) is 5.91 Å². The minimum absolute atomic E-state index is 0.156. The number of amides is 1. The third-order valence-electron chi connectivity index (χ3n) is 3.24. The number of carbonyl (C=O) groups excluding carboxylic acids is 1. The molecule has 1 heterocycles. The van der Waals surface area contributed by atoms with Crippen molar-refractivity contribution < 1.29 is 4.79 Å². The van der Waals surface area contributed by atoms with Crippen LogP contribution in [-0.2, 0) is 4.79 Å². The standard InChI is InChI=1S/C12H25N3O/c1-4-13-11-7-6-9(3)10(15-11)8-12(16)14-5-2/h9-11,13,15H,4-8H2,1-3H3,(H,14,16). The Kier molecular flexibility index (Phi) is 5.77. The fourth-order valence-corrected chi connectivity index (χ4v) is 2.27. The minimum Gasteiger partial charge on any atom is -0.356 e. The highest BCUT2D eigenvalue weighted by Gasteiger charge is 2.27. The van der Waals surface area contributed by atoms with E-state index in [1.54, 1.807) is 0 Å². The molecular weight excluding hydrogens is 202 g/mol. The summed E-state index contributed by atoms with van der Waals surface area (Å²) in [6, 6.07) is 0.310. The normalized spacial score (nSPS) is 30.1. The van der Waals surface area contributed by atoms with Gasteiger partial charge in [-0.25, -0.2) is 0 Å². The van der Waals surface area contributed by atoms with Gasteiger partial charge in [-0.3, -0.25) is 10.1 Å². The lowest BCUT2D eigenvalue weighted by Gasteiger charge is -2.36. The lowest BCUT2D eigenvalue weighted by molar-refractivity contribution is -0.122. The average molecular weight is 227 g/mol. The number of rotatable bonds is 5. The van der Waals surface area contributed by atoms with Crippen LogP contribution in [0.5, 0.6) is 0 Å². The fraction of sp³-hybridized carbons (Fsp3) is 0.917.